The Morgan fingerprint density at radius 2 is 0.491 bits per heavy atom. The lowest BCUT2D eigenvalue weighted by molar-refractivity contribution is 0.766. The van der Waals surface area contributed by atoms with Crippen molar-refractivity contribution in [2.45, 2.75) is 0 Å². The van der Waals surface area contributed by atoms with Gasteiger partial charge in [0.1, 0.15) is 22.1 Å². The Hall–Kier alpha value is -14.3. The summed E-state index contributed by atoms with van der Waals surface area (Å²) in [5.74, 6) is 0. The number of pyridine rings is 2. The van der Waals surface area contributed by atoms with Crippen LogP contribution < -0.4 is 0 Å². The number of rotatable bonds is 12. The Morgan fingerprint density at radius 3 is 0.887 bits per heavy atom. The maximum atomic E-state index is 5.12. The molecule has 0 aliphatic rings. The lowest BCUT2D eigenvalue weighted by Crippen LogP contribution is -1.98. The van der Waals surface area contributed by atoms with Crippen LogP contribution in [0.2, 0.25) is 0 Å². The second kappa shape index (κ2) is 27.2. The Bertz CT molecular complexity index is 6650. The zero-order chi connectivity index (χ0) is 70.3. The number of hydrogen-bond donors (Lipinski definition) is 0. The van der Waals surface area contributed by atoms with E-state index in [2.05, 4.69) is 344 Å². The van der Waals surface area contributed by atoms with Crippen molar-refractivity contribution in [3.63, 3.8) is 0 Å². The fourth-order valence-electron chi connectivity index (χ4n) is 14.6. The standard InChI is InChI=1S/2C49H32N4/c1-3-8-40-28-42(21-17-33(40)6-1)35-11-13-38(14-12-35)45-30-47(39-19-15-36(16-20-39)43-22-18-34-7-2-4-9-41(34)29-43)49-48(31-45)51-53(52-49)46-25-23-37(24-26-46)44-10-5-27-50-32-44;1-3-8-40-28-43(22-18-33(40)6-1)35-12-14-37(15-13-35)45-31-47(39-20-16-36(17-21-39)44-23-19-34-7-2-4-9-41(34)29-44)49-48(32-45)51-53(52-49)46-11-5-10-42(30-46)38-24-26-50-27-25-38/h2*1-32H. The molecule has 0 N–H and O–H groups in total. The largest absolute Gasteiger partial charge is 0.265 e. The molecular formula is C98H64N8. The third-order valence-electron chi connectivity index (χ3n) is 20.3. The highest BCUT2D eigenvalue weighted by molar-refractivity contribution is 5.99. The summed E-state index contributed by atoms with van der Waals surface area (Å²) >= 11 is 0. The molecule has 20 rings (SSSR count). The van der Waals surface area contributed by atoms with Gasteiger partial charge in [0.05, 0.1) is 11.4 Å². The topological polar surface area (TPSA) is 87.2 Å². The van der Waals surface area contributed by atoms with E-state index < -0.39 is 0 Å². The van der Waals surface area contributed by atoms with Crippen molar-refractivity contribution in [2.24, 2.45) is 0 Å². The molecule has 0 spiro atoms. The maximum absolute atomic E-state index is 5.12. The van der Waals surface area contributed by atoms with Gasteiger partial charge in [-0.15, -0.1) is 20.4 Å². The fourth-order valence-corrected chi connectivity index (χ4v) is 14.6. The van der Waals surface area contributed by atoms with Gasteiger partial charge in [-0.25, -0.2) is 0 Å². The Kier molecular flexibility index (Phi) is 16.1. The van der Waals surface area contributed by atoms with Crippen molar-refractivity contribution in [1.82, 2.24) is 40.0 Å². The number of aromatic nitrogens is 8. The van der Waals surface area contributed by atoms with Gasteiger partial charge in [0.15, 0.2) is 0 Å². The first-order valence-electron chi connectivity index (χ1n) is 35.7. The van der Waals surface area contributed by atoms with Crippen LogP contribution in [0.15, 0.2) is 389 Å². The molecule has 0 saturated heterocycles. The van der Waals surface area contributed by atoms with E-state index in [0.717, 1.165) is 100 Å². The molecule has 4 heterocycles. The minimum Gasteiger partial charge on any atom is -0.265 e. The zero-order valence-corrected chi connectivity index (χ0v) is 57.5. The summed E-state index contributed by atoms with van der Waals surface area (Å²) in [4.78, 5) is 12.0. The Balaban J connectivity index is 0.000000145. The number of benzene rings is 16. The molecule has 16 aromatic carbocycles. The molecule has 0 bridgehead atoms. The molecule has 0 aliphatic heterocycles. The summed E-state index contributed by atoms with van der Waals surface area (Å²) < 4.78 is 0. The predicted molar refractivity (Wildman–Crippen MR) is 438 cm³/mol. The van der Waals surface area contributed by atoms with E-state index in [1.54, 1.807) is 15.8 Å². The number of fused-ring (bicyclic) bond motifs is 6. The lowest BCUT2D eigenvalue weighted by Gasteiger charge is -2.10. The summed E-state index contributed by atoms with van der Waals surface area (Å²) in [5.41, 5.74) is 27.8. The first-order chi connectivity index (χ1) is 52.4. The molecule has 0 aliphatic carbocycles. The molecule has 0 amide bonds. The Morgan fingerprint density at radius 1 is 0.170 bits per heavy atom. The summed E-state index contributed by atoms with van der Waals surface area (Å²) in [6.45, 7) is 0. The zero-order valence-electron chi connectivity index (χ0n) is 57.5. The minimum atomic E-state index is 0.837. The van der Waals surface area contributed by atoms with Gasteiger partial charge in [-0.05, 0) is 234 Å². The van der Waals surface area contributed by atoms with Crippen LogP contribution in [0.25, 0.3) is 188 Å². The van der Waals surface area contributed by atoms with Gasteiger partial charge < -0.3 is 0 Å². The van der Waals surface area contributed by atoms with Crippen molar-refractivity contribution < 1.29 is 0 Å². The van der Waals surface area contributed by atoms with E-state index in [0.29, 0.717) is 0 Å². The molecule has 20 aromatic rings. The van der Waals surface area contributed by atoms with Crippen molar-refractivity contribution in [1.29, 1.82) is 0 Å². The van der Waals surface area contributed by atoms with Gasteiger partial charge >= 0.3 is 0 Å². The Labute approximate surface area is 612 Å². The van der Waals surface area contributed by atoms with Crippen LogP contribution in [-0.2, 0) is 0 Å². The third-order valence-corrected chi connectivity index (χ3v) is 20.3. The van der Waals surface area contributed by atoms with Crippen molar-refractivity contribution in [3.8, 4) is 123 Å². The van der Waals surface area contributed by atoms with E-state index in [9.17, 15) is 0 Å². The fraction of sp³-hybridized carbons (Fsp3) is 0. The van der Waals surface area contributed by atoms with E-state index in [1.165, 1.54) is 87.6 Å². The van der Waals surface area contributed by atoms with Gasteiger partial charge in [-0.1, -0.05) is 273 Å². The SMILES string of the molecule is c1cc(-c2ccncc2)cc(-n2nc3cc(-c4ccc(-c5ccc6ccccc6c5)cc4)cc(-c4ccc(-c5ccc6ccccc6c5)cc4)c3n2)c1.c1cncc(-c2ccc(-n3nc4cc(-c5ccc(-c6ccc7ccccc7c6)cc5)cc(-c5ccc(-c6ccc7ccccc7c6)cc5)c4n3)cc2)c1. The lowest BCUT2D eigenvalue weighted by atomic mass is 9.94. The van der Waals surface area contributed by atoms with Crippen LogP contribution >= 0.6 is 0 Å². The van der Waals surface area contributed by atoms with Crippen LogP contribution in [0.1, 0.15) is 0 Å². The molecule has 0 saturated carbocycles. The highest BCUT2D eigenvalue weighted by Gasteiger charge is 2.19. The van der Waals surface area contributed by atoms with E-state index in [-0.39, 0.29) is 0 Å². The van der Waals surface area contributed by atoms with Gasteiger partial charge in [0.25, 0.3) is 0 Å². The van der Waals surface area contributed by atoms with Crippen LogP contribution in [0, 0.1) is 0 Å². The minimum absolute atomic E-state index is 0.837. The second-order valence-electron chi connectivity index (χ2n) is 26.9. The molecular weight excluding hydrogens is 1290 g/mol. The van der Waals surface area contributed by atoms with Gasteiger partial charge in [0, 0.05) is 35.9 Å². The van der Waals surface area contributed by atoms with Crippen molar-refractivity contribution in [3.05, 3.63) is 389 Å². The quantitative estimate of drug-likeness (QED) is 0.121. The van der Waals surface area contributed by atoms with Crippen molar-refractivity contribution in [2.75, 3.05) is 0 Å². The summed E-state index contributed by atoms with van der Waals surface area (Å²) in [6.07, 6.45) is 7.30. The molecule has 8 heteroatoms. The average molecular weight is 1350 g/mol. The van der Waals surface area contributed by atoms with E-state index in [4.69, 9.17) is 20.4 Å². The molecule has 0 atom stereocenters. The molecule has 0 fully saturated rings. The first-order valence-corrected chi connectivity index (χ1v) is 35.7. The van der Waals surface area contributed by atoms with Gasteiger partial charge in [0.2, 0.25) is 0 Å². The van der Waals surface area contributed by atoms with Crippen LogP contribution in [0.5, 0.6) is 0 Å². The second-order valence-corrected chi connectivity index (χ2v) is 26.9. The van der Waals surface area contributed by atoms with Crippen LogP contribution in [-0.4, -0.2) is 40.0 Å². The predicted octanol–water partition coefficient (Wildman–Crippen LogP) is 24.9. The van der Waals surface area contributed by atoms with E-state index in [1.807, 2.05) is 48.9 Å². The highest BCUT2D eigenvalue weighted by Crippen LogP contribution is 2.40. The molecule has 106 heavy (non-hydrogen) atoms. The van der Waals surface area contributed by atoms with Crippen LogP contribution in [0.4, 0.5) is 0 Å². The first kappa shape index (κ1) is 62.6. The average Bonchev–Trinajstić information content (AvgIpc) is 1.54. The van der Waals surface area contributed by atoms with Gasteiger partial charge in [-0.3, -0.25) is 9.97 Å². The molecule has 8 nitrogen and oxygen atoms in total. The summed E-state index contributed by atoms with van der Waals surface area (Å²) in [5, 5.41) is 30.2. The molecule has 496 valence electrons. The smallest absolute Gasteiger partial charge is 0.121 e. The summed E-state index contributed by atoms with van der Waals surface area (Å²) in [6, 6.07) is 129. The summed E-state index contributed by atoms with van der Waals surface area (Å²) in [7, 11) is 0. The van der Waals surface area contributed by atoms with E-state index >= 15 is 0 Å². The molecule has 0 radical (unpaired) electrons. The van der Waals surface area contributed by atoms with Crippen LogP contribution in [0.3, 0.4) is 0 Å². The van der Waals surface area contributed by atoms with Gasteiger partial charge in [-0.2, -0.15) is 9.59 Å². The monoisotopic (exact) mass is 1350 g/mol. The third kappa shape index (κ3) is 12.5. The number of hydrogen-bond acceptors (Lipinski definition) is 6. The highest BCUT2D eigenvalue weighted by atomic mass is 15.5. The molecule has 4 aromatic heterocycles. The maximum Gasteiger partial charge on any atom is 0.121 e. The number of nitrogens with zero attached hydrogens (tertiary/aromatic N) is 8. The normalized spacial score (nSPS) is 11.4. The van der Waals surface area contributed by atoms with Crippen molar-refractivity contribution >= 4 is 65.2 Å². The molecule has 0 unspecified atom stereocenters.